The third-order valence-electron chi connectivity index (χ3n) is 4.64. The molecular formula is C20H21FN3O2+. The first-order chi connectivity index (χ1) is 12.7. The molecule has 0 bridgehead atoms. The van der Waals surface area contributed by atoms with Crippen molar-refractivity contribution >= 4 is 5.91 Å². The van der Waals surface area contributed by atoms with Crippen molar-refractivity contribution < 1.29 is 18.8 Å². The van der Waals surface area contributed by atoms with Crippen LogP contribution >= 0.6 is 0 Å². The molecule has 1 aliphatic heterocycles. The van der Waals surface area contributed by atoms with Crippen molar-refractivity contribution in [2.24, 2.45) is 0 Å². The van der Waals surface area contributed by atoms with Crippen molar-refractivity contribution in [2.45, 2.75) is 6.04 Å². The van der Waals surface area contributed by atoms with E-state index in [-0.39, 0.29) is 17.8 Å². The van der Waals surface area contributed by atoms with Crippen LogP contribution < -0.4 is 10.2 Å². The van der Waals surface area contributed by atoms with E-state index in [1.807, 2.05) is 6.07 Å². The van der Waals surface area contributed by atoms with E-state index in [4.69, 9.17) is 10.00 Å². The first-order valence-corrected chi connectivity index (χ1v) is 8.63. The van der Waals surface area contributed by atoms with Gasteiger partial charge in [0.1, 0.15) is 24.9 Å². The number of nitriles is 1. The quantitative estimate of drug-likeness (QED) is 0.845. The predicted molar refractivity (Wildman–Crippen MR) is 94.1 cm³/mol. The fourth-order valence-electron chi connectivity index (χ4n) is 3.17. The summed E-state index contributed by atoms with van der Waals surface area (Å²) in [4.78, 5) is 13.7. The number of halogens is 1. The number of rotatable bonds is 5. The summed E-state index contributed by atoms with van der Waals surface area (Å²) in [6.45, 7) is 3.48. The molecule has 26 heavy (non-hydrogen) atoms. The molecular weight excluding hydrogens is 333 g/mol. The lowest BCUT2D eigenvalue weighted by molar-refractivity contribution is -0.937. The fraction of sp³-hybridized carbons (Fsp3) is 0.300. The average Bonchev–Trinajstić information content (AvgIpc) is 2.70. The van der Waals surface area contributed by atoms with Gasteiger partial charge in [-0.2, -0.15) is 5.26 Å². The van der Waals surface area contributed by atoms with E-state index in [0.717, 1.165) is 18.7 Å². The second kappa shape index (κ2) is 8.56. The number of ether oxygens (including phenoxy) is 1. The Morgan fingerprint density at radius 1 is 1.15 bits per heavy atom. The smallest absolute Gasteiger partial charge is 0.251 e. The van der Waals surface area contributed by atoms with Gasteiger partial charge < -0.3 is 15.0 Å². The summed E-state index contributed by atoms with van der Waals surface area (Å²) in [5.74, 6) is -0.458. The van der Waals surface area contributed by atoms with Gasteiger partial charge in [-0.1, -0.05) is 12.1 Å². The van der Waals surface area contributed by atoms with E-state index in [2.05, 4.69) is 5.32 Å². The molecule has 1 fully saturated rings. The average molecular weight is 354 g/mol. The zero-order valence-corrected chi connectivity index (χ0v) is 14.4. The zero-order valence-electron chi connectivity index (χ0n) is 14.4. The Morgan fingerprint density at radius 2 is 1.81 bits per heavy atom. The van der Waals surface area contributed by atoms with Gasteiger partial charge in [0.25, 0.3) is 5.91 Å². The SMILES string of the molecule is N#Cc1ccc(C(=O)NC[C@H](c2ccc(F)cc2)[NH+]2CCOCC2)cc1. The Labute approximate surface area is 152 Å². The number of benzene rings is 2. The van der Waals surface area contributed by atoms with E-state index >= 15 is 0 Å². The normalized spacial score (nSPS) is 15.8. The Bertz CT molecular complexity index is 778. The summed E-state index contributed by atoms with van der Waals surface area (Å²) in [6, 6.07) is 15.0. The molecule has 0 radical (unpaired) electrons. The van der Waals surface area contributed by atoms with Crippen LogP contribution in [0.5, 0.6) is 0 Å². The van der Waals surface area contributed by atoms with Crippen molar-refractivity contribution in [1.29, 1.82) is 5.26 Å². The topological polar surface area (TPSA) is 66.6 Å². The number of nitrogens with zero attached hydrogens (tertiary/aromatic N) is 1. The van der Waals surface area contributed by atoms with E-state index < -0.39 is 0 Å². The minimum absolute atomic E-state index is 0.0295. The van der Waals surface area contributed by atoms with Crippen LogP contribution in [0.25, 0.3) is 0 Å². The molecule has 5 nitrogen and oxygen atoms in total. The summed E-state index contributed by atoms with van der Waals surface area (Å²) < 4.78 is 18.7. The number of morpholine rings is 1. The van der Waals surface area contributed by atoms with Crippen LogP contribution in [0.2, 0.25) is 0 Å². The number of nitrogens with one attached hydrogen (secondary N) is 2. The lowest BCUT2D eigenvalue weighted by Gasteiger charge is -2.32. The van der Waals surface area contributed by atoms with Gasteiger partial charge in [-0.3, -0.25) is 4.79 Å². The lowest BCUT2D eigenvalue weighted by atomic mass is 10.0. The number of hydrogen-bond donors (Lipinski definition) is 2. The molecule has 1 aliphatic rings. The molecule has 0 spiro atoms. The van der Waals surface area contributed by atoms with E-state index in [0.29, 0.717) is 30.9 Å². The van der Waals surface area contributed by atoms with Crippen LogP contribution in [0.1, 0.15) is 27.5 Å². The van der Waals surface area contributed by atoms with Crippen molar-refractivity contribution in [1.82, 2.24) is 5.32 Å². The maximum absolute atomic E-state index is 13.3. The zero-order chi connectivity index (χ0) is 18.4. The van der Waals surface area contributed by atoms with Crippen molar-refractivity contribution in [3.05, 3.63) is 71.0 Å². The summed E-state index contributed by atoms with van der Waals surface area (Å²) in [6.07, 6.45) is 0. The third kappa shape index (κ3) is 4.45. The highest BCUT2D eigenvalue weighted by Gasteiger charge is 2.27. The van der Waals surface area contributed by atoms with Crippen LogP contribution in [0, 0.1) is 17.1 Å². The molecule has 0 unspecified atom stereocenters. The van der Waals surface area contributed by atoms with E-state index in [1.54, 1.807) is 36.4 Å². The van der Waals surface area contributed by atoms with Crippen molar-refractivity contribution in [3.63, 3.8) is 0 Å². The second-order valence-corrected chi connectivity index (χ2v) is 6.27. The Morgan fingerprint density at radius 3 is 2.42 bits per heavy atom. The highest BCUT2D eigenvalue weighted by Crippen LogP contribution is 2.11. The van der Waals surface area contributed by atoms with Crippen LogP contribution in [-0.2, 0) is 4.74 Å². The standard InChI is InChI=1S/C20H20FN3O2/c21-18-7-5-16(6-8-18)19(24-9-11-26-12-10-24)14-23-20(25)17-3-1-15(13-22)2-4-17/h1-8,19H,9-12,14H2,(H,23,25)/p+1/t19-/m1/s1. The van der Waals surface area contributed by atoms with Gasteiger partial charge in [-0.05, 0) is 36.4 Å². The van der Waals surface area contributed by atoms with Gasteiger partial charge in [-0.25, -0.2) is 4.39 Å². The first-order valence-electron chi connectivity index (χ1n) is 8.63. The molecule has 1 atom stereocenters. The maximum Gasteiger partial charge on any atom is 0.251 e. The molecule has 0 aromatic heterocycles. The number of carbonyl (C=O) groups excluding carboxylic acids is 1. The van der Waals surface area contributed by atoms with E-state index in [9.17, 15) is 9.18 Å². The number of quaternary nitrogens is 1. The highest BCUT2D eigenvalue weighted by atomic mass is 19.1. The third-order valence-corrected chi connectivity index (χ3v) is 4.64. The molecule has 1 amide bonds. The predicted octanol–water partition coefficient (Wildman–Crippen LogP) is 1.08. The Kier molecular flexibility index (Phi) is 5.95. The molecule has 0 saturated carbocycles. The van der Waals surface area contributed by atoms with Crippen LogP contribution in [0.15, 0.2) is 48.5 Å². The van der Waals surface area contributed by atoms with Gasteiger partial charge in [0.2, 0.25) is 0 Å². The minimum atomic E-state index is -0.272. The Balaban J connectivity index is 1.71. The van der Waals surface area contributed by atoms with Gasteiger partial charge in [0, 0.05) is 11.1 Å². The maximum atomic E-state index is 13.3. The molecule has 1 heterocycles. The van der Waals surface area contributed by atoms with Crippen molar-refractivity contribution in [3.8, 4) is 6.07 Å². The van der Waals surface area contributed by atoms with Crippen LogP contribution in [-0.4, -0.2) is 38.8 Å². The highest BCUT2D eigenvalue weighted by molar-refractivity contribution is 5.94. The summed E-state index contributed by atoms with van der Waals surface area (Å²) >= 11 is 0. The fourth-order valence-corrected chi connectivity index (χ4v) is 3.17. The van der Waals surface area contributed by atoms with Gasteiger partial charge in [-0.15, -0.1) is 0 Å². The molecule has 0 aliphatic carbocycles. The summed E-state index contributed by atoms with van der Waals surface area (Å²) in [5, 5.41) is 11.8. The Hall–Kier alpha value is -2.75. The molecule has 2 aromatic carbocycles. The summed E-state index contributed by atoms with van der Waals surface area (Å²) in [7, 11) is 0. The monoisotopic (exact) mass is 354 g/mol. The number of hydrogen-bond acceptors (Lipinski definition) is 3. The lowest BCUT2D eigenvalue weighted by Crippen LogP contribution is -3.15. The van der Waals surface area contributed by atoms with Crippen LogP contribution in [0.3, 0.4) is 0 Å². The largest absolute Gasteiger partial charge is 0.370 e. The van der Waals surface area contributed by atoms with Crippen molar-refractivity contribution in [2.75, 3.05) is 32.8 Å². The molecule has 134 valence electrons. The van der Waals surface area contributed by atoms with E-state index in [1.165, 1.54) is 17.0 Å². The first kappa shape index (κ1) is 18.1. The van der Waals surface area contributed by atoms with Crippen LogP contribution in [0.4, 0.5) is 4.39 Å². The molecule has 6 heteroatoms. The second-order valence-electron chi connectivity index (χ2n) is 6.27. The molecule has 3 rings (SSSR count). The summed E-state index contributed by atoms with van der Waals surface area (Å²) in [5.41, 5.74) is 2.02. The number of amides is 1. The van der Waals surface area contributed by atoms with Gasteiger partial charge in [0.05, 0.1) is 31.4 Å². The molecule has 2 aromatic rings. The molecule has 1 saturated heterocycles. The molecule has 2 N–H and O–H groups in total. The van der Waals surface area contributed by atoms with Gasteiger partial charge >= 0.3 is 0 Å². The number of carbonyl (C=O) groups is 1. The minimum Gasteiger partial charge on any atom is -0.370 e. The van der Waals surface area contributed by atoms with Gasteiger partial charge in [0.15, 0.2) is 0 Å².